The predicted molar refractivity (Wildman–Crippen MR) is 106 cm³/mol. The second kappa shape index (κ2) is 10.0. The average molecular weight is 358 g/mol. The molecule has 4 heteroatoms. The van der Waals surface area contributed by atoms with Gasteiger partial charge in [-0.2, -0.15) is 0 Å². The van der Waals surface area contributed by atoms with Crippen LogP contribution in [-0.4, -0.2) is 10.9 Å². The van der Waals surface area contributed by atoms with Crippen molar-refractivity contribution in [3.63, 3.8) is 0 Å². The van der Waals surface area contributed by atoms with Gasteiger partial charge in [-0.05, 0) is 34.4 Å². The van der Waals surface area contributed by atoms with E-state index < -0.39 is 0 Å². The SMILES string of the molecule is O=C(/C=C/c1cccnc1)NCc1cccc(COCc2ccccc2)c1. The molecule has 0 spiro atoms. The van der Waals surface area contributed by atoms with Crippen LogP contribution in [0.1, 0.15) is 22.3 Å². The van der Waals surface area contributed by atoms with Gasteiger partial charge >= 0.3 is 0 Å². The molecule has 4 nitrogen and oxygen atoms in total. The number of ether oxygens (including phenoxy) is 1. The molecule has 0 bridgehead atoms. The first-order chi connectivity index (χ1) is 13.3. The summed E-state index contributed by atoms with van der Waals surface area (Å²) >= 11 is 0. The van der Waals surface area contributed by atoms with Gasteiger partial charge in [0.05, 0.1) is 13.2 Å². The topological polar surface area (TPSA) is 51.2 Å². The van der Waals surface area contributed by atoms with Crippen LogP contribution in [0.3, 0.4) is 0 Å². The summed E-state index contributed by atoms with van der Waals surface area (Å²) in [6.45, 7) is 1.60. The average Bonchev–Trinajstić information content (AvgIpc) is 2.73. The molecule has 0 aliphatic carbocycles. The molecule has 1 aromatic heterocycles. The fourth-order valence-corrected chi connectivity index (χ4v) is 2.58. The molecule has 0 radical (unpaired) electrons. The Kier molecular flexibility index (Phi) is 6.90. The van der Waals surface area contributed by atoms with E-state index in [9.17, 15) is 4.79 Å². The van der Waals surface area contributed by atoms with Crippen LogP contribution in [0.2, 0.25) is 0 Å². The van der Waals surface area contributed by atoms with Crippen molar-refractivity contribution in [2.24, 2.45) is 0 Å². The van der Waals surface area contributed by atoms with Crippen molar-refractivity contribution >= 4 is 12.0 Å². The molecule has 1 N–H and O–H groups in total. The lowest BCUT2D eigenvalue weighted by molar-refractivity contribution is -0.116. The molecular weight excluding hydrogens is 336 g/mol. The van der Waals surface area contributed by atoms with Gasteiger partial charge in [0, 0.05) is 25.0 Å². The molecule has 1 amide bonds. The van der Waals surface area contributed by atoms with Crippen molar-refractivity contribution in [3.05, 3.63) is 107 Å². The van der Waals surface area contributed by atoms with E-state index in [1.807, 2.05) is 60.7 Å². The fourth-order valence-electron chi connectivity index (χ4n) is 2.58. The number of nitrogens with zero attached hydrogens (tertiary/aromatic N) is 1. The lowest BCUT2D eigenvalue weighted by atomic mass is 10.1. The highest BCUT2D eigenvalue weighted by molar-refractivity contribution is 5.91. The van der Waals surface area contributed by atoms with Crippen LogP contribution in [0.15, 0.2) is 85.2 Å². The van der Waals surface area contributed by atoms with Crippen LogP contribution in [0.4, 0.5) is 0 Å². The van der Waals surface area contributed by atoms with Crippen LogP contribution in [0, 0.1) is 0 Å². The molecule has 1 heterocycles. The lowest BCUT2D eigenvalue weighted by Gasteiger charge is -2.07. The zero-order valence-electron chi connectivity index (χ0n) is 15.0. The minimum Gasteiger partial charge on any atom is -0.372 e. The number of nitrogens with one attached hydrogen (secondary N) is 1. The highest BCUT2D eigenvalue weighted by Gasteiger charge is 2.00. The molecular formula is C23H22N2O2. The Hall–Kier alpha value is -3.24. The molecule has 2 aromatic carbocycles. The molecule has 0 atom stereocenters. The summed E-state index contributed by atoms with van der Waals surface area (Å²) in [5.74, 6) is -0.135. The summed E-state index contributed by atoms with van der Waals surface area (Å²) < 4.78 is 5.77. The number of aromatic nitrogens is 1. The molecule has 136 valence electrons. The van der Waals surface area contributed by atoms with Gasteiger partial charge in [0.2, 0.25) is 5.91 Å². The molecule has 3 aromatic rings. The van der Waals surface area contributed by atoms with Crippen molar-refractivity contribution < 1.29 is 9.53 Å². The van der Waals surface area contributed by atoms with E-state index in [1.54, 1.807) is 18.5 Å². The first kappa shape index (κ1) is 18.5. The van der Waals surface area contributed by atoms with Crippen LogP contribution < -0.4 is 5.32 Å². The Bertz CT molecular complexity index is 877. The van der Waals surface area contributed by atoms with Crippen molar-refractivity contribution in [2.75, 3.05) is 0 Å². The third kappa shape index (κ3) is 6.53. The Morgan fingerprint density at radius 3 is 2.52 bits per heavy atom. The number of rotatable bonds is 8. The summed E-state index contributed by atoms with van der Waals surface area (Å²) in [5.41, 5.74) is 4.18. The predicted octanol–water partition coefficient (Wildman–Crippen LogP) is 4.13. The highest BCUT2D eigenvalue weighted by Crippen LogP contribution is 2.09. The highest BCUT2D eigenvalue weighted by atomic mass is 16.5. The van der Waals surface area contributed by atoms with Gasteiger partial charge in [-0.1, -0.05) is 60.7 Å². The Balaban J connectivity index is 1.46. The van der Waals surface area contributed by atoms with E-state index in [0.29, 0.717) is 19.8 Å². The molecule has 0 aliphatic rings. The summed E-state index contributed by atoms with van der Waals surface area (Å²) in [6, 6.07) is 21.9. The van der Waals surface area contributed by atoms with E-state index in [-0.39, 0.29) is 5.91 Å². The van der Waals surface area contributed by atoms with Gasteiger partial charge in [-0.15, -0.1) is 0 Å². The summed E-state index contributed by atoms with van der Waals surface area (Å²) in [6.07, 6.45) is 6.68. The van der Waals surface area contributed by atoms with Gasteiger partial charge in [0.15, 0.2) is 0 Å². The summed E-state index contributed by atoms with van der Waals surface area (Å²) in [5, 5.41) is 2.89. The van der Waals surface area contributed by atoms with E-state index >= 15 is 0 Å². The van der Waals surface area contributed by atoms with Gasteiger partial charge in [0.1, 0.15) is 0 Å². The maximum atomic E-state index is 12.0. The maximum Gasteiger partial charge on any atom is 0.244 e. The van der Waals surface area contributed by atoms with Gasteiger partial charge in [0.25, 0.3) is 0 Å². The monoisotopic (exact) mass is 358 g/mol. The molecule has 0 fully saturated rings. The molecule has 3 rings (SSSR count). The van der Waals surface area contributed by atoms with Crippen LogP contribution in [-0.2, 0) is 29.3 Å². The van der Waals surface area contributed by atoms with Gasteiger partial charge in [-0.3, -0.25) is 9.78 Å². The van der Waals surface area contributed by atoms with E-state index in [1.165, 1.54) is 6.08 Å². The first-order valence-electron chi connectivity index (χ1n) is 8.85. The Morgan fingerprint density at radius 1 is 0.926 bits per heavy atom. The Labute approximate surface area is 159 Å². The van der Waals surface area contributed by atoms with Crippen molar-refractivity contribution in [3.8, 4) is 0 Å². The zero-order chi connectivity index (χ0) is 18.7. The summed E-state index contributed by atoms with van der Waals surface area (Å²) in [7, 11) is 0. The normalized spacial score (nSPS) is 10.8. The van der Waals surface area contributed by atoms with Crippen molar-refractivity contribution in [2.45, 2.75) is 19.8 Å². The molecule has 0 aliphatic heterocycles. The summed E-state index contributed by atoms with van der Waals surface area (Å²) in [4.78, 5) is 16.0. The van der Waals surface area contributed by atoms with Gasteiger partial charge in [-0.25, -0.2) is 0 Å². The first-order valence-corrected chi connectivity index (χ1v) is 8.85. The number of carbonyl (C=O) groups excluding carboxylic acids is 1. The molecule has 0 saturated carbocycles. The van der Waals surface area contributed by atoms with Crippen LogP contribution >= 0.6 is 0 Å². The van der Waals surface area contributed by atoms with Crippen LogP contribution in [0.25, 0.3) is 6.08 Å². The van der Waals surface area contributed by atoms with Crippen molar-refractivity contribution in [1.82, 2.24) is 10.3 Å². The molecule has 0 saturated heterocycles. The number of benzene rings is 2. The minimum atomic E-state index is -0.135. The van der Waals surface area contributed by atoms with Crippen LogP contribution in [0.5, 0.6) is 0 Å². The Morgan fingerprint density at radius 2 is 1.70 bits per heavy atom. The van der Waals surface area contributed by atoms with Crippen molar-refractivity contribution in [1.29, 1.82) is 0 Å². The second-order valence-corrected chi connectivity index (χ2v) is 6.14. The van der Waals surface area contributed by atoms with Gasteiger partial charge < -0.3 is 10.1 Å². The fraction of sp³-hybridized carbons (Fsp3) is 0.130. The number of hydrogen-bond donors (Lipinski definition) is 1. The smallest absolute Gasteiger partial charge is 0.244 e. The number of amides is 1. The number of hydrogen-bond acceptors (Lipinski definition) is 3. The third-order valence-corrected chi connectivity index (χ3v) is 3.95. The maximum absolute atomic E-state index is 12.0. The second-order valence-electron chi connectivity index (χ2n) is 6.14. The quantitative estimate of drug-likeness (QED) is 0.616. The number of carbonyl (C=O) groups is 1. The third-order valence-electron chi connectivity index (χ3n) is 3.95. The minimum absolute atomic E-state index is 0.135. The van der Waals surface area contributed by atoms with E-state index in [4.69, 9.17) is 4.74 Å². The lowest BCUT2D eigenvalue weighted by Crippen LogP contribution is -2.20. The number of pyridine rings is 1. The standard InChI is InChI=1S/C23H22N2O2/c26-23(12-11-19-10-5-13-24-15-19)25-16-21-8-4-9-22(14-21)18-27-17-20-6-2-1-3-7-20/h1-15H,16-18H2,(H,25,26)/b12-11+. The van der Waals surface area contributed by atoms with E-state index in [0.717, 1.165) is 22.3 Å². The molecule has 27 heavy (non-hydrogen) atoms. The van der Waals surface area contributed by atoms with E-state index in [2.05, 4.69) is 16.4 Å². The largest absolute Gasteiger partial charge is 0.372 e. The molecule has 0 unspecified atom stereocenters. The zero-order valence-corrected chi connectivity index (χ0v) is 15.0.